The third-order valence-electron chi connectivity index (χ3n) is 4.11. The van der Waals surface area contributed by atoms with E-state index in [4.69, 9.17) is 0 Å². The molecule has 0 saturated carbocycles. The molecule has 23 heavy (non-hydrogen) atoms. The lowest BCUT2D eigenvalue weighted by atomic mass is 10.2. The molecule has 2 rings (SSSR count). The number of rotatable bonds is 2. The molecule has 4 amide bonds. The van der Waals surface area contributed by atoms with Crippen LogP contribution in [0.4, 0.5) is 0 Å². The van der Waals surface area contributed by atoms with Crippen LogP contribution in [0.25, 0.3) is 0 Å². The Morgan fingerprint density at radius 3 is 2.52 bits per heavy atom. The zero-order valence-electron chi connectivity index (χ0n) is 13.5. The van der Waals surface area contributed by atoms with Crippen molar-refractivity contribution in [3.05, 3.63) is 0 Å². The SMILES string of the molecule is CC1C(=O)NC(C)(C)N1C(=O)CNC(=O)C(=O)N1CCC(O)C1. The maximum absolute atomic E-state index is 12.3. The number of amides is 4. The molecule has 2 unspecified atom stereocenters. The number of aliphatic hydroxyl groups is 1. The van der Waals surface area contributed by atoms with Gasteiger partial charge in [-0.05, 0) is 27.2 Å². The lowest BCUT2D eigenvalue weighted by Crippen LogP contribution is -2.54. The standard InChI is InChI=1S/C14H22N4O5/c1-8-11(21)16-14(2,3)18(8)10(20)6-15-12(22)13(23)17-5-4-9(19)7-17/h8-9,19H,4-7H2,1-3H3,(H,15,22)(H,16,21). The number of carbonyl (C=O) groups is 4. The van der Waals surface area contributed by atoms with E-state index in [1.807, 2.05) is 0 Å². The predicted molar refractivity (Wildman–Crippen MR) is 78.7 cm³/mol. The fourth-order valence-corrected chi connectivity index (χ4v) is 2.98. The molecule has 0 aromatic carbocycles. The van der Waals surface area contributed by atoms with Gasteiger partial charge in [0.2, 0.25) is 11.8 Å². The molecule has 0 bridgehead atoms. The molecule has 0 radical (unpaired) electrons. The maximum atomic E-state index is 12.3. The average molecular weight is 326 g/mol. The minimum Gasteiger partial charge on any atom is -0.391 e. The van der Waals surface area contributed by atoms with Gasteiger partial charge in [0.1, 0.15) is 11.7 Å². The Morgan fingerprint density at radius 1 is 1.39 bits per heavy atom. The first-order valence-electron chi connectivity index (χ1n) is 7.53. The lowest BCUT2D eigenvalue weighted by molar-refractivity contribution is -0.146. The summed E-state index contributed by atoms with van der Waals surface area (Å²) in [4.78, 5) is 50.3. The van der Waals surface area contributed by atoms with Gasteiger partial charge in [-0.25, -0.2) is 0 Å². The molecule has 2 aliphatic heterocycles. The van der Waals surface area contributed by atoms with Crippen LogP contribution in [0.2, 0.25) is 0 Å². The van der Waals surface area contributed by atoms with Gasteiger partial charge in [-0.2, -0.15) is 0 Å². The minimum atomic E-state index is -0.892. The molecule has 2 saturated heterocycles. The molecule has 2 aliphatic rings. The van der Waals surface area contributed by atoms with Crippen molar-refractivity contribution in [3.8, 4) is 0 Å². The number of aliphatic hydroxyl groups excluding tert-OH is 1. The van der Waals surface area contributed by atoms with E-state index >= 15 is 0 Å². The van der Waals surface area contributed by atoms with E-state index < -0.39 is 35.5 Å². The summed E-state index contributed by atoms with van der Waals surface area (Å²) in [5.41, 5.74) is -0.846. The molecule has 0 aromatic rings. The summed E-state index contributed by atoms with van der Waals surface area (Å²) in [5.74, 6) is -2.38. The van der Waals surface area contributed by atoms with Gasteiger partial charge in [0.15, 0.2) is 0 Å². The first kappa shape index (κ1) is 17.2. The number of likely N-dealkylation sites (tertiary alicyclic amines) is 1. The van der Waals surface area contributed by atoms with Crippen LogP contribution in [-0.4, -0.2) is 76.0 Å². The normalized spacial score (nSPS) is 26.2. The second kappa shape index (κ2) is 6.15. The quantitative estimate of drug-likeness (QED) is 0.497. The second-order valence-corrected chi connectivity index (χ2v) is 6.36. The zero-order chi connectivity index (χ0) is 17.4. The van der Waals surface area contributed by atoms with Crippen molar-refractivity contribution >= 4 is 23.6 Å². The third kappa shape index (κ3) is 3.44. The molecule has 9 heteroatoms. The molecule has 128 valence electrons. The fourth-order valence-electron chi connectivity index (χ4n) is 2.98. The molecule has 2 heterocycles. The van der Waals surface area contributed by atoms with Crippen molar-refractivity contribution in [2.45, 2.75) is 45.0 Å². The van der Waals surface area contributed by atoms with E-state index in [1.54, 1.807) is 20.8 Å². The van der Waals surface area contributed by atoms with Gasteiger partial charge in [-0.1, -0.05) is 0 Å². The van der Waals surface area contributed by atoms with E-state index in [0.717, 1.165) is 0 Å². The highest BCUT2D eigenvalue weighted by Crippen LogP contribution is 2.21. The molecular weight excluding hydrogens is 304 g/mol. The van der Waals surface area contributed by atoms with Crippen LogP contribution in [0, 0.1) is 0 Å². The van der Waals surface area contributed by atoms with Gasteiger partial charge in [0.05, 0.1) is 12.6 Å². The second-order valence-electron chi connectivity index (χ2n) is 6.36. The Bertz CT molecular complexity index is 547. The zero-order valence-corrected chi connectivity index (χ0v) is 13.5. The summed E-state index contributed by atoms with van der Waals surface area (Å²) >= 11 is 0. The van der Waals surface area contributed by atoms with Gasteiger partial charge in [-0.3, -0.25) is 19.2 Å². The van der Waals surface area contributed by atoms with E-state index in [0.29, 0.717) is 13.0 Å². The maximum Gasteiger partial charge on any atom is 0.311 e. The lowest BCUT2D eigenvalue weighted by Gasteiger charge is -2.32. The highest BCUT2D eigenvalue weighted by Gasteiger charge is 2.45. The van der Waals surface area contributed by atoms with Crippen molar-refractivity contribution in [1.82, 2.24) is 20.4 Å². The highest BCUT2D eigenvalue weighted by atomic mass is 16.3. The summed E-state index contributed by atoms with van der Waals surface area (Å²) in [6.45, 7) is 5.03. The summed E-state index contributed by atoms with van der Waals surface area (Å²) in [6.07, 6.45) is -0.178. The minimum absolute atomic E-state index is 0.120. The topological polar surface area (TPSA) is 119 Å². The van der Waals surface area contributed by atoms with E-state index in [2.05, 4.69) is 10.6 Å². The van der Waals surface area contributed by atoms with Gasteiger partial charge in [0.25, 0.3) is 0 Å². The van der Waals surface area contributed by atoms with Crippen molar-refractivity contribution in [2.75, 3.05) is 19.6 Å². The molecule has 2 fully saturated rings. The van der Waals surface area contributed by atoms with Crippen LogP contribution >= 0.6 is 0 Å². The predicted octanol–water partition coefficient (Wildman–Crippen LogP) is -2.22. The Morgan fingerprint density at radius 2 is 2.04 bits per heavy atom. The first-order valence-corrected chi connectivity index (χ1v) is 7.53. The third-order valence-corrected chi connectivity index (χ3v) is 4.11. The van der Waals surface area contributed by atoms with Crippen LogP contribution in [0.5, 0.6) is 0 Å². The molecule has 9 nitrogen and oxygen atoms in total. The molecule has 3 N–H and O–H groups in total. The van der Waals surface area contributed by atoms with Crippen LogP contribution in [0.15, 0.2) is 0 Å². The fraction of sp³-hybridized carbons (Fsp3) is 0.714. The first-order chi connectivity index (χ1) is 10.6. The van der Waals surface area contributed by atoms with Gasteiger partial charge in [-0.15, -0.1) is 0 Å². The van der Waals surface area contributed by atoms with Crippen LogP contribution in [0.1, 0.15) is 27.2 Å². The smallest absolute Gasteiger partial charge is 0.311 e. The molecule has 0 spiro atoms. The summed E-state index contributed by atoms with van der Waals surface area (Å²) in [5, 5.41) is 14.3. The van der Waals surface area contributed by atoms with Crippen molar-refractivity contribution in [3.63, 3.8) is 0 Å². The molecule has 0 aromatic heterocycles. The van der Waals surface area contributed by atoms with E-state index in [1.165, 1.54) is 9.80 Å². The Kier molecular flexibility index (Phi) is 4.60. The summed E-state index contributed by atoms with van der Waals surface area (Å²) in [7, 11) is 0. The van der Waals surface area contributed by atoms with Crippen molar-refractivity contribution in [2.24, 2.45) is 0 Å². The number of hydrogen-bond acceptors (Lipinski definition) is 5. The Balaban J connectivity index is 1.90. The van der Waals surface area contributed by atoms with E-state index in [9.17, 15) is 24.3 Å². The molecular formula is C14H22N4O5. The average Bonchev–Trinajstić information content (AvgIpc) is 2.97. The van der Waals surface area contributed by atoms with Gasteiger partial charge < -0.3 is 25.5 Å². The van der Waals surface area contributed by atoms with Crippen LogP contribution in [-0.2, 0) is 19.2 Å². The number of carbonyl (C=O) groups excluding carboxylic acids is 4. The Labute approximate surface area is 134 Å². The van der Waals surface area contributed by atoms with E-state index in [-0.39, 0.29) is 19.0 Å². The Hall–Kier alpha value is -2.16. The number of nitrogens with zero attached hydrogens (tertiary/aromatic N) is 2. The monoisotopic (exact) mass is 326 g/mol. The number of hydrogen-bond donors (Lipinski definition) is 3. The highest BCUT2D eigenvalue weighted by molar-refractivity contribution is 6.35. The number of β-amino-alcohol motifs (C(OH)–C–C–N with tert-alkyl or cyclic N) is 1. The number of nitrogens with one attached hydrogen (secondary N) is 2. The summed E-state index contributed by atoms with van der Waals surface area (Å²) < 4.78 is 0. The molecule has 0 aliphatic carbocycles. The largest absolute Gasteiger partial charge is 0.391 e. The van der Waals surface area contributed by atoms with Crippen molar-refractivity contribution in [1.29, 1.82) is 0 Å². The van der Waals surface area contributed by atoms with Gasteiger partial charge in [0, 0.05) is 13.1 Å². The van der Waals surface area contributed by atoms with Crippen LogP contribution in [0.3, 0.4) is 0 Å². The van der Waals surface area contributed by atoms with Crippen LogP contribution < -0.4 is 10.6 Å². The van der Waals surface area contributed by atoms with Crippen molar-refractivity contribution < 1.29 is 24.3 Å². The molecule has 2 atom stereocenters. The summed E-state index contributed by atoms with van der Waals surface area (Å²) in [6, 6.07) is -0.640. The van der Waals surface area contributed by atoms with Gasteiger partial charge >= 0.3 is 11.8 Å².